The molecule has 6 heteroatoms. The summed E-state index contributed by atoms with van der Waals surface area (Å²) < 4.78 is 0. The van der Waals surface area contributed by atoms with Crippen LogP contribution in [0.3, 0.4) is 0 Å². The Bertz CT molecular complexity index is 407. The van der Waals surface area contributed by atoms with Crippen LogP contribution in [0.1, 0.15) is 19.4 Å². The van der Waals surface area contributed by atoms with Gasteiger partial charge in [0.2, 0.25) is 0 Å². The maximum absolute atomic E-state index is 10.5. The van der Waals surface area contributed by atoms with Gasteiger partial charge in [-0.3, -0.25) is 10.1 Å². The first-order valence-corrected chi connectivity index (χ1v) is 5.44. The topological polar surface area (TPSA) is 88.3 Å². The molecular formula is C11H17N3O3. The maximum atomic E-state index is 10.5. The summed E-state index contributed by atoms with van der Waals surface area (Å²) in [5, 5.41) is 23.1. The van der Waals surface area contributed by atoms with Crippen molar-refractivity contribution in [1.82, 2.24) is 4.98 Å². The van der Waals surface area contributed by atoms with Gasteiger partial charge in [0.25, 0.3) is 5.69 Å². The molecule has 0 aliphatic rings. The second-order valence-corrected chi connectivity index (χ2v) is 4.31. The number of nitrogens with one attached hydrogen (secondary N) is 1. The molecule has 0 aliphatic heterocycles. The van der Waals surface area contributed by atoms with Gasteiger partial charge in [-0.15, -0.1) is 0 Å². The minimum atomic E-state index is -0.479. The molecule has 17 heavy (non-hydrogen) atoms. The summed E-state index contributed by atoms with van der Waals surface area (Å²) in [6.07, 6.45) is 0.739. The summed E-state index contributed by atoms with van der Waals surface area (Å²) in [6, 6.07) is 1.46. The van der Waals surface area contributed by atoms with Crippen LogP contribution in [0, 0.1) is 23.0 Å². The molecule has 1 rings (SSSR count). The van der Waals surface area contributed by atoms with Gasteiger partial charge in [0, 0.05) is 12.6 Å². The van der Waals surface area contributed by atoms with Crippen LogP contribution in [0.2, 0.25) is 0 Å². The van der Waals surface area contributed by atoms with E-state index in [1.807, 2.05) is 13.8 Å². The third-order valence-corrected chi connectivity index (χ3v) is 2.52. The molecule has 1 aromatic heterocycles. The normalized spacial score (nSPS) is 12.5. The van der Waals surface area contributed by atoms with Crippen molar-refractivity contribution in [2.75, 3.05) is 11.9 Å². The van der Waals surface area contributed by atoms with Crippen molar-refractivity contribution in [1.29, 1.82) is 0 Å². The molecule has 0 amide bonds. The second kappa shape index (κ2) is 5.58. The summed E-state index contributed by atoms with van der Waals surface area (Å²) in [4.78, 5) is 14.0. The minimum Gasteiger partial charge on any atom is -0.391 e. The first kappa shape index (κ1) is 13.4. The highest BCUT2D eigenvalue weighted by Crippen LogP contribution is 2.18. The number of rotatable bonds is 5. The smallest absolute Gasteiger partial charge is 0.287 e. The second-order valence-electron chi connectivity index (χ2n) is 4.31. The van der Waals surface area contributed by atoms with E-state index in [1.54, 1.807) is 6.92 Å². The molecule has 0 bridgehead atoms. The fourth-order valence-corrected chi connectivity index (χ4v) is 1.28. The van der Waals surface area contributed by atoms with Crippen molar-refractivity contribution in [3.05, 3.63) is 27.9 Å². The maximum Gasteiger partial charge on any atom is 0.287 e. The molecule has 0 saturated carbocycles. The molecule has 6 nitrogen and oxygen atoms in total. The molecule has 0 saturated heterocycles. The lowest BCUT2D eigenvalue weighted by atomic mass is 10.1. The highest BCUT2D eigenvalue weighted by molar-refractivity contribution is 5.48. The summed E-state index contributed by atoms with van der Waals surface area (Å²) >= 11 is 0. The predicted molar refractivity (Wildman–Crippen MR) is 65.0 cm³/mol. The Morgan fingerprint density at radius 1 is 1.59 bits per heavy atom. The fourth-order valence-electron chi connectivity index (χ4n) is 1.28. The lowest BCUT2D eigenvalue weighted by Gasteiger charge is -2.16. The van der Waals surface area contributed by atoms with Crippen LogP contribution in [0.25, 0.3) is 0 Å². The molecule has 0 radical (unpaired) electrons. The van der Waals surface area contributed by atoms with Gasteiger partial charge in [0.05, 0.1) is 11.0 Å². The van der Waals surface area contributed by atoms with Crippen molar-refractivity contribution >= 4 is 11.5 Å². The number of hydrogen-bond acceptors (Lipinski definition) is 5. The van der Waals surface area contributed by atoms with Crippen LogP contribution >= 0.6 is 0 Å². The largest absolute Gasteiger partial charge is 0.391 e. The standard InChI is InChI=1S/C11H17N3O3/c1-7(2)10(15)6-13-11-8(3)4-9(5-12-11)14(16)17/h4-5,7,10,15H,6H2,1-3H3,(H,12,13). The van der Waals surface area contributed by atoms with Gasteiger partial charge in [-0.25, -0.2) is 4.98 Å². The van der Waals surface area contributed by atoms with Crippen molar-refractivity contribution in [2.45, 2.75) is 26.9 Å². The minimum absolute atomic E-state index is 0.0301. The summed E-state index contributed by atoms with van der Waals surface area (Å²) in [5.41, 5.74) is 0.660. The van der Waals surface area contributed by atoms with E-state index in [2.05, 4.69) is 10.3 Å². The van der Waals surface area contributed by atoms with E-state index in [-0.39, 0.29) is 11.6 Å². The number of aliphatic hydroxyl groups is 1. The predicted octanol–water partition coefficient (Wildman–Crippen LogP) is 1.73. The van der Waals surface area contributed by atoms with Crippen LogP contribution in [-0.4, -0.2) is 27.7 Å². The van der Waals surface area contributed by atoms with Crippen molar-refractivity contribution in [2.24, 2.45) is 5.92 Å². The van der Waals surface area contributed by atoms with Gasteiger partial charge < -0.3 is 10.4 Å². The van der Waals surface area contributed by atoms with Gasteiger partial charge >= 0.3 is 0 Å². The quantitative estimate of drug-likeness (QED) is 0.603. The summed E-state index contributed by atoms with van der Waals surface area (Å²) in [5.74, 6) is 0.719. The Labute approximate surface area is 99.8 Å². The van der Waals surface area contributed by atoms with E-state index in [9.17, 15) is 15.2 Å². The number of aliphatic hydroxyl groups excluding tert-OH is 1. The van der Waals surface area contributed by atoms with Crippen molar-refractivity contribution in [3.63, 3.8) is 0 Å². The molecule has 1 unspecified atom stereocenters. The van der Waals surface area contributed by atoms with Gasteiger partial charge in [0.1, 0.15) is 12.0 Å². The van der Waals surface area contributed by atoms with Gasteiger partial charge in [-0.1, -0.05) is 13.8 Å². The molecule has 1 aromatic rings. The molecular weight excluding hydrogens is 222 g/mol. The molecule has 0 fully saturated rings. The zero-order valence-corrected chi connectivity index (χ0v) is 10.2. The zero-order chi connectivity index (χ0) is 13.0. The van der Waals surface area contributed by atoms with Crippen molar-refractivity contribution in [3.8, 4) is 0 Å². The van der Waals surface area contributed by atoms with Crippen LogP contribution < -0.4 is 5.32 Å². The van der Waals surface area contributed by atoms with Crippen LogP contribution in [-0.2, 0) is 0 Å². The van der Waals surface area contributed by atoms with Gasteiger partial charge in [0.15, 0.2) is 0 Å². The molecule has 1 heterocycles. The summed E-state index contributed by atoms with van der Waals surface area (Å²) in [6.45, 7) is 5.96. The Morgan fingerprint density at radius 3 is 2.71 bits per heavy atom. The van der Waals surface area contributed by atoms with Crippen LogP contribution in [0.4, 0.5) is 11.5 Å². The highest BCUT2D eigenvalue weighted by Gasteiger charge is 2.12. The lowest BCUT2D eigenvalue weighted by molar-refractivity contribution is -0.385. The van der Waals surface area contributed by atoms with Crippen LogP contribution in [0.15, 0.2) is 12.3 Å². The highest BCUT2D eigenvalue weighted by atomic mass is 16.6. The molecule has 2 N–H and O–H groups in total. The SMILES string of the molecule is Cc1cc([N+](=O)[O-])cnc1NCC(O)C(C)C. The lowest BCUT2D eigenvalue weighted by Crippen LogP contribution is -2.25. The number of aryl methyl sites for hydroxylation is 1. The van der Waals surface area contributed by atoms with E-state index >= 15 is 0 Å². The zero-order valence-electron chi connectivity index (χ0n) is 10.2. The number of nitrogens with zero attached hydrogens (tertiary/aromatic N) is 2. The van der Waals surface area contributed by atoms with E-state index in [0.29, 0.717) is 17.9 Å². The monoisotopic (exact) mass is 239 g/mol. The molecule has 0 aromatic carbocycles. The van der Waals surface area contributed by atoms with E-state index in [0.717, 1.165) is 0 Å². The molecule has 0 aliphatic carbocycles. The Balaban J connectivity index is 2.70. The molecule has 0 spiro atoms. The summed E-state index contributed by atoms with van der Waals surface area (Å²) in [7, 11) is 0. The fraction of sp³-hybridized carbons (Fsp3) is 0.545. The Kier molecular flexibility index (Phi) is 4.39. The van der Waals surface area contributed by atoms with E-state index < -0.39 is 11.0 Å². The number of anilines is 1. The molecule has 94 valence electrons. The first-order valence-electron chi connectivity index (χ1n) is 5.44. The number of pyridine rings is 1. The van der Waals surface area contributed by atoms with E-state index in [1.165, 1.54) is 12.3 Å². The Morgan fingerprint density at radius 2 is 2.24 bits per heavy atom. The van der Waals surface area contributed by atoms with Crippen LogP contribution in [0.5, 0.6) is 0 Å². The third kappa shape index (κ3) is 3.67. The van der Waals surface area contributed by atoms with Crippen molar-refractivity contribution < 1.29 is 10.0 Å². The molecule has 1 atom stereocenters. The average molecular weight is 239 g/mol. The number of aromatic nitrogens is 1. The number of hydrogen-bond donors (Lipinski definition) is 2. The van der Waals surface area contributed by atoms with E-state index in [4.69, 9.17) is 0 Å². The average Bonchev–Trinajstić information content (AvgIpc) is 2.26. The van der Waals surface area contributed by atoms with Gasteiger partial charge in [-0.2, -0.15) is 0 Å². The van der Waals surface area contributed by atoms with Gasteiger partial charge in [-0.05, 0) is 18.4 Å². The number of nitro groups is 1. The third-order valence-electron chi connectivity index (χ3n) is 2.52. The first-order chi connectivity index (χ1) is 7.91. The Hall–Kier alpha value is -1.69.